The van der Waals surface area contributed by atoms with Crippen molar-refractivity contribution in [3.05, 3.63) is 84.0 Å². The zero-order chi connectivity index (χ0) is 15.2. The van der Waals surface area contributed by atoms with E-state index in [1.54, 1.807) is 43.1 Å². The maximum atomic E-state index is 12.2. The molecule has 5 heteroatoms. The Labute approximate surface area is 128 Å². The lowest BCUT2D eigenvalue weighted by molar-refractivity contribution is 0.103. The third-order valence-electron chi connectivity index (χ3n) is 3.22. The summed E-state index contributed by atoms with van der Waals surface area (Å²) in [5.74, 6) is 0.622. The highest BCUT2D eigenvalue weighted by Gasteiger charge is 2.09. The lowest BCUT2D eigenvalue weighted by Gasteiger charge is -2.02. The molecule has 0 aliphatic rings. The van der Waals surface area contributed by atoms with Crippen LogP contribution < -0.4 is 0 Å². The van der Waals surface area contributed by atoms with Crippen molar-refractivity contribution in [1.82, 2.24) is 19.9 Å². The van der Waals surface area contributed by atoms with E-state index < -0.39 is 0 Å². The van der Waals surface area contributed by atoms with Crippen molar-refractivity contribution in [2.75, 3.05) is 0 Å². The summed E-state index contributed by atoms with van der Waals surface area (Å²) in [6, 6.07) is 9.12. The molecule has 2 aromatic heterocycles. The molecular weight excluding hydrogens is 276 g/mol. The summed E-state index contributed by atoms with van der Waals surface area (Å²) < 4.78 is 0. The van der Waals surface area contributed by atoms with E-state index in [0.29, 0.717) is 23.4 Å². The van der Waals surface area contributed by atoms with Crippen molar-refractivity contribution in [1.29, 1.82) is 0 Å². The molecule has 3 aromatic rings. The topological polar surface area (TPSA) is 68.6 Å². The molecule has 0 N–H and O–H groups in total. The van der Waals surface area contributed by atoms with Crippen molar-refractivity contribution in [2.45, 2.75) is 12.8 Å². The predicted molar refractivity (Wildman–Crippen MR) is 81.3 cm³/mol. The number of nitrogens with zero attached hydrogens (tertiary/aromatic N) is 4. The smallest absolute Gasteiger partial charge is 0.196 e. The summed E-state index contributed by atoms with van der Waals surface area (Å²) in [4.78, 5) is 29.0. The summed E-state index contributed by atoms with van der Waals surface area (Å²) in [6.45, 7) is 0. The van der Waals surface area contributed by atoms with E-state index in [1.165, 1.54) is 0 Å². The number of benzene rings is 1. The zero-order valence-corrected chi connectivity index (χ0v) is 11.9. The fourth-order valence-electron chi connectivity index (χ4n) is 2.06. The van der Waals surface area contributed by atoms with Crippen LogP contribution in [0.5, 0.6) is 0 Å². The van der Waals surface area contributed by atoms with E-state index in [9.17, 15) is 4.79 Å². The van der Waals surface area contributed by atoms with Gasteiger partial charge in [-0.1, -0.05) is 30.3 Å². The van der Waals surface area contributed by atoms with Crippen LogP contribution in [0.3, 0.4) is 0 Å². The normalized spacial score (nSPS) is 10.4. The maximum absolute atomic E-state index is 12.2. The Morgan fingerprint density at radius 3 is 2.27 bits per heavy atom. The average Bonchev–Trinajstić information content (AvgIpc) is 2.61. The molecule has 0 aliphatic carbocycles. The molecule has 0 atom stereocenters. The van der Waals surface area contributed by atoms with Crippen LogP contribution in [0.1, 0.15) is 27.4 Å². The van der Waals surface area contributed by atoms with Gasteiger partial charge in [-0.25, -0.2) is 9.97 Å². The molecule has 0 amide bonds. The highest BCUT2D eigenvalue weighted by atomic mass is 16.1. The first kappa shape index (κ1) is 14.0. The van der Waals surface area contributed by atoms with E-state index in [4.69, 9.17) is 0 Å². The van der Waals surface area contributed by atoms with E-state index in [-0.39, 0.29) is 5.78 Å². The van der Waals surface area contributed by atoms with Crippen LogP contribution >= 0.6 is 0 Å². The number of rotatable bonds is 5. The summed E-state index contributed by atoms with van der Waals surface area (Å²) in [6.07, 6.45) is 9.58. The number of hydrogen-bond donors (Lipinski definition) is 0. The molecule has 0 unspecified atom stereocenters. The Morgan fingerprint density at radius 1 is 0.818 bits per heavy atom. The van der Waals surface area contributed by atoms with Crippen LogP contribution in [-0.2, 0) is 12.8 Å². The van der Waals surface area contributed by atoms with Crippen molar-refractivity contribution < 1.29 is 4.79 Å². The van der Waals surface area contributed by atoms with Gasteiger partial charge in [0.25, 0.3) is 0 Å². The lowest BCUT2D eigenvalue weighted by Crippen LogP contribution is -2.05. The lowest BCUT2D eigenvalue weighted by atomic mass is 10.1. The summed E-state index contributed by atoms with van der Waals surface area (Å²) in [7, 11) is 0. The number of carbonyl (C=O) groups is 1. The van der Waals surface area contributed by atoms with Crippen LogP contribution in [0.4, 0.5) is 0 Å². The van der Waals surface area contributed by atoms with Crippen molar-refractivity contribution in [3.63, 3.8) is 0 Å². The SMILES string of the molecule is O=C(c1ccccc1)c1cnc(CCc2cnccn2)nc1. The Balaban J connectivity index is 1.67. The van der Waals surface area contributed by atoms with E-state index in [2.05, 4.69) is 19.9 Å². The van der Waals surface area contributed by atoms with Gasteiger partial charge in [-0.05, 0) is 6.42 Å². The Morgan fingerprint density at radius 2 is 1.59 bits per heavy atom. The van der Waals surface area contributed by atoms with Crippen molar-refractivity contribution >= 4 is 5.78 Å². The van der Waals surface area contributed by atoms with Crippen LogP contribution in [0, 0.1) is 0 Å². The molecule has 0 saturated heterocycles. The number of ketones is 1. The van der Waals surface area contributed by atoms with Crippen LogP contribution in [-0.4, -0.2) is 25.7 Å². The van der Waals surface area contributed by atoms with Crippen LogP contribution in [0.25, 0.3) is 0 Å². The highest BCUT2D eigenvalue weighted by Crippen LogP contribution is 2.08. The van der Waals surface area contributed by atoms with Gasteiger partial charge in [0.15, 0.2) is 5.78 Å². The average molecular weight is 290 g/mol. The van der Waals surface area contributed by atoms with E-state index in [0.717, 1.165) is 12.1 Å². The van der Waals surface area contributed by atoms with Crippen molar-refractivity contribution in [2.24, 2.45) is 0 Å². The standard InChI is InChI=1S/C17H14N4O/c22-17(13-4-2-1-3-5-13)14-10-20-16(21-11-14)7-6-15-12-18-8-9-19-15/h1-5,8-12H,6-7H2. The van der Waals surface area contributed by atoms with Gasteiger partial charge >= 0.3 is 0 Å². The van der Waals surface area contributed by atoms with Crippen molar-refractivity contribution in [3.8, 4) is 0 Å². The highest BCUT2D eigenvalue weighted by molar-refractivity contribution is 6.08. The summed E-state index contributed by atoms with van der Waals surface area (Å²) >= 11 is 0. The molecule has 0 saturated carbocycles. The largest absolute Gasteiger partial charge is 0.288 e. The van der Waals surface area contributed by atoms with Gasteiger partial charge < -0.3 is 0 Å². The van der Waals surface area contributed by atoms with Gasteiger partial charge in [0, 0.05) is 43.0 Å². The molecule has 22 heavy (non-hydrogen) atoms. The Bertz CT molecular complexity index is 743. The second kappa shape index (κ2) is 6.67. The second-order valence-corrected chi connectivity index (χ2v) is 4.78. The number of aromatic nitrogens is 4. The molecule has 0 spiro atoms. The van der Waals surface area contributed by atoms with E-state index >= 15 is 0 Å². The molecule has 0 radical (unpaired) electrons. The molecule has 0 aliphatic heterocycles. The van der Waals surface area contributed by atoms with Gasteiger partial charge in [-0.15, -0.1) is 0 Å². The Kier molecular flexibility index (Phi) is 4.25. The number of aryl methyl sites for hydroxylation is 2. The van der Waals surface area contributed by atoms with Gasteiger partial charge in [0.05, 0.1) is 11.3 Å². The molecule has 3 rings (SSSR count). The quantitative estimate of drug-likeness (QED) is 0.674. The first-order chi connectivity index (χ1) is 10.8. The second-order valence-electron chi connectivity index (χ2n) is 4.78. The molecule has 0 fully saturated rings. The third-order valence-corrected chi connectivity index (χ3v) is 3.22. The number of hydrogen-bond acceptors (Lipinski definition) is 5. The molecule has 108 valence electrons. The first-order valence-electron chi connectivity index (χ1n) is 6.98. The predicted octanol–water partition coefficient (Wildman–Crippen LogP) is 2.28. The fraction of sp³-hybridized carbons (Fsp3) is 0.118. The van der Waals surface area contributed by atoms with Crippen LogP contribution in [0.15, 0.2) is 61.3 Å². The maximum Gasteiger partial charge on any atom is 0.196 e. The number of carbonyl (C=O) groups excluding carboxylic acids is 1. The van der Waals surface area contributed by atoms with Gasteiger partial charge in [-0.3, -0.25) is 14.8 Å². The van der Waals surface area contributed by atoms with Gasteiger partial charge in [0.2, 0.25) is 0 Å². The summed E-state index contributed by atoms with van der Waals surface area (Å²) in [5.41, 5.74) is 2.03. The summed E-state index contributed by atoms with van der Waals surface area (Å²) in [5, 5.41) is 0. The molecule has 2 heterocycles. The minimum absolute atomic E-state index is 0.0684. The fourth-order valence-corrected chi connectivity index (χ4v) is 2.06. The molecule has 0 bridgehead atoms. The minimum atomic E-state index is -0.0684. The monoisotopic (exact) mass is 290 g/mol. The first-order valence-corrected chi connectivity index (χ1v) is 6.98. The third kappa shape index (κ3) is 3.38. The van der Waals surface area contributed by atoms with Crippen LogP contribution in [0.2, 0.25) is 0 Å². The van der Waals surface area contributed by atoms with E-state index in [1.807, 2.05) is 18.2 Å². The van der Waals surface area contributed by atoms with Gasteiger partial charge in [-0.2, -0.15) is 0 Å². The molecular formula is C17H14N4O. The zero-order valence-electron chi connectivity index (χ0n) is 11.9. The molecule has 5 nitrogen and oxygen atoms in total. The molecule has 1 aromatic carbocycles. The van der Waals surface area contributed by atoms with Gasteiger partial charge in [0.1, 0.15) is 5.82 Å². The minimum Gasteiger partial charge on any atom is -0.288 e. The Hall–Kier alpha value is -2.95.